The molecular formula is C13H22N4. The van der Waals surface area contributed by atoms with E-state index in [4.69, 9.17) is 5.73 Å². The summed E-state index contributed by atoms with van der Waals surface area (Å²) >= 11 is 0. The van der Waals surface area contributed by atoms with E-state index in [1.54, 1.807) is 12.4 Å². The van der Waals surface area contributed by atoms with Gasteiger partial charge in [-0.15, -0.1) is 0 Å². The predicted molar refractivity (Wildman–Crippen MR) is 70.8 cm³/mol. The number of anilines is 2. The second kappa shape index (κ2) is 5.34. The number of nitrogens with zero attached hydrogens (tertiary/aromatic N) is 3. The lowest BCUT2D eigenvalue weighted by atomic mass is 9.89. The first-order valence-corrected chi connectivity index (χ1v) is 6.49. The second-order valence-electron chi connectivity index (χ2n) is 5.24. The Kier molecular flexibility index (Phi) is 3.82. The summed E-state index contributed by atoms with van der Waals surface area (Å²) in [5, 5.41) is 0. The van der Waals surface area contributed by atoms with Gasteiger partial charge in [-0.25, -0.2) is 9.97 Å². The van der Waals surface area contributed by atoms with Crippen molar-refractivity contribution in [3.63, 3.8) is 0 Å². The molecule has 0 saturated carbocycles. The summed E-state index contributed by atoms with van der Waals surface area (Å²) in [5.41, 5.74) is 6.23. The van der Waals surface area contributed by atoms with Gasteiger partial charge in [-0.2, -0.15) is 0 Å². The molecule has 0 bridgehead atoms. The van der Waals surface area contributed by atoms with Crippen LogP contribution in [-0.2, 0) is 0 Å². The summed E-state index contributed by atoms with van der Waals surface area (Å²) in [6.07, 6.45) is 7.17. The van der Waals surface area contributed by atoms with Gasteiger partial charge in [0.15, 0.2) is 0 Å². The average molecular weight is 234 g/mol. The molecular weight excluding hydrogens is 212 g/mol. The molecule has 0 amide bonds. The topological polar surface area (TPSA) is 55.0 Å². The Hall–Kier alpha value is -1.32. The van der Waals surface area contributed by atoms with Crippen molar-refractivity contribution >= 4 is 11.6 Å². The molecule has 1 atom stereocenters. The van der Waals surface area contributed by atoms with Crippen LogP contribution in [0.3, 0.4) is 0 Å². The van der Waals surface area contributed by atoms with Crippen molar-refractivity contribution in [1.82, 2.24) is 9.97 Å². The molecule has 1 saturated heterocycles. The third-order valence-electron chi connectivity index (χ3n) is 3.66. The summed E-state index contributed by atoms with van der Waals surface area (Å²) in [6, 6.07) is 0. The van der Waals surface area contributed by atoms with Gasteiger partial charge in [0.1, 0.15) is 0 Å². The number of hydrogen-bond donors (Lipinski definition) is 1. The Morgan fingerprint density at radius 1 is 1.24 bits per heavy atom. The van der Waals surface area contributed by atoms with Crippen LogP contribution in [0.15, 0.2) is 12.4 Å². The van der Waals surface area contributed by atoms with E-state index >= 15 is 0 Å². The van der Waals surface area contributed by atoms with Crippen LogP contribution in [0, 0.1) is 11.8 Å². The molecule has 1 aromatic heterocycles. The molecule has 2 N–H and O–H groups in total. The number of aromatic nitrogens is 2. The molecule has 17 heavy (non-hydrogen) atoms. The maximum Gasteiger partial charge on any atom is 0.225 e. The van der Waals surface area contributed by atoms with Crippen LogP contribution >= 0.6 is 0 Å². The van der Waals surface area contributed by atoms with Crippen molar-refractivity contribution < 1.29 is 0 Å². The first kappa shape index (κ1) is 12.1. The molecule has 4 heteroatoms. The molecule has 0 aromatic carbocycles. The minimum absolute atomic E-state index is 0.628. The van der Waals surface area contributed by atoms with Gasteiger partial charge in [0.2, 0.25) is 5.95 Å². The third-order valence-corrected chi connectivity index (χ3v) is 3.66. The molecule has 1 unspecified atom stereocenters. The SMILES string of the molecule is CC(C)C1CCCN(c2ncc(N)cn2)CC1. The lowest BCUT2D eigenvalue weighted by Gasteiger charge is -2.21. The van der Waals surface area contributed by atoms with E-state index in [9.17, 15) is 0 Å². The summed E-state index contributed by atoms with van der Waals surface area (Å²) in [4.78, 5) is 10.9. The van der Waals surface area contributed by atoms with Crippen molar-refractivity contribution in [2.45, 2.75) is 33.1 Å². The van der Waals surface area contributed by atoms with Crippen LogP contribution in [0.5, 0.6) is 0 Å². The largest absolute Gasteiger partial charge is 0.396 e. The predicted octanol–water partition coefficient (Wildman–Crippen LogP) is 2.32. The van der Waals surface area contributed by atoms with Crippen molar-refractivity contribution in [2.75, 3.05) is 23.7 Å². The number of hydrogen-bond acceptors (Lipinski definition) is 4. The summed E-state index contributed by atoms with van der Waals surface area (Å²) < 4.78 is 0. The summed E-state index contributed by atoms with van der Waals surface area (Å²) in [7, 11) is 0. The van der Waals surface area contributed by atoms with Gasteiger partial charge in [0.05, 0.1) is 18.1 Å². The van der Waals surface area contributed by atoms with Crippen molar-refractivity contribution in [2.24, 2.45) is 11.8 Å². The van der Waals surface area contributed by atoms with E-state index in [1.165, 1.54) is 19.3 Å². The second-order valence-corrected chi connectivity index (χ2v) is 5.24. The van der Waals surface area contributed by atoms with Crippen LogP contribution < -0.4 is 10.6 Å². The monoisotopic (exact) mass is 234 g/mol. The van der Waals surface area contributed by atoms with E-state index in [1.807, 2.05) is 0 Å². The zero-order valence-electron chi connectivity index (χ0n) is 10.8. The van der Waals surface area contributed by atoms with Gasteiger partial charge < -0.3 is 10.6 Å². The highest BCUT2D eigenvalue weighted by Gasteiger charge is 2.20. The van der Waals surface area contributed by atoms with Crippen LogP contribution in [-0.4, -0.2) is 23.1 Å². The van der Waals surface area contributed by atoms with Crippen LogP contribution in [0.2, 0.25) is 0 Å². The van der Waals surface area contributed by atoms with Gasteiger partial charge in [-0.05, 0) is 31.1 Å². The molecule has 1 fully saturated rings. The number of nitrogens with two attached hydrogens (primary N) is 1. The highest BCUT2D eigenvalue weighted by Crippen LogP contribution is 2.25. The summed E-state index contributed by atoms with van der Waals surface area (Å²) in [6.45, 7) is 6.76. The minimum Gasteiger partial charge on any atom is -0.396 e. The Labute approximate surface area is 103 Å². The average Bonchev–Trinajstić information content (AvgIpc) is 2.55. The lowest BCUT2D eigenvalue weighted by molar-refractivity contribution is 0.351. The van der Waals surface area contributed by atoms with E-state index in [0.717, 1.165) is 30.9 Å². The van der Waals surface area contributed by atoms with Gasteiger partial charge in [0, 0.05) is 13.1 Å². The van der Waals surface area contributed by atoms with E-state index in [2.05, 4.69) is 28.7 Å². The zero-order chi connectivity index (χ0) is 12.3. The molecule has 1 aliphatic heterocycles. The first-order valence-electron chi connectivity index (χ1n) is 6.49. The molecule has 0 spiro atoms. The normalized spacial score (nSPS) is 21.6. The molecule has 1 aliphatic rings. The number of nitrogen functional groups attached to an aromatic ring is 1. The Bertz CT molecular complexity index is 347. The fourth-order valence-corrected chi connectivity index (χ4v) is 2.48. The first-order chi connectivity index (χ1) is 8.16. The van der Waals surface area contributed by atoms with Crippen molar-refractivity contribution in [1.29, 1.82) is 0 Å². The summed E-state index contributed by atoms with van der Waals surface area (Å²) in [5.74, 6) is 2.44. The molecule has 2 heterocycles. The lowest BCUT2D eigenvalue weighted by Crippen LogP contribution is -2.26. The van der Waals surface area contributed by atoms with Gasteiger partial charge in [-0.1, -0.05) is 13.8 Å². The van der Waals surface area contributed by atoms with Gasteiger partial charge in [0.25, 0.3) is 0 Å². The van der Waals surface area contributed by atoms with Crippen LogP contribution in [0.4, 0.5) is 11.6 Å². The molecule has 0 aliphatic carbocycles. The quantitative estimate of drug-likeness (QED) is 0.853. The maximum atomic E-state index is 5.61. The van der Waals surface area contributed by atoms with E-state index in [-0.39, 0.29) is 0 Å². The van der Waals surface area contributed by atoms with E-state index in [0.29, 0.717) is 5.69 Å². The standard InChI is InChI=1S/C13H22N4/c1-10(2)11-4-3-6-17(7-5-11)13-15-8-12(14)9-16-13/h8-11H,3-7,14H2,1-2H3. The van der Waals surface area contributed by atoms with E-state index < -0.39 is 0 Å². The highest BCUT2D eigenvalue weighted by molar-refractivity contribution is 5.37. The van der Waals surface area contributed by atoms with Gasteiger partial charge >= 0.3 is 0 Å². The zero-order valence-corrected chi connectivity index (χ0v) is 10.8. The Balaban J connectivity index is 2.01. The molecule has 94 valence electrons. The van der Waals surface area contributed by atoms with Crippen molar-refractivity contribution in [3.8, 4) is 0 Å². The molecule has 0 radical (unpaired) electrons. The van der Waals surface area contributed by atoms with Crippen LogP contribution in [0.1, 0.15) is 33.1 Å². The highest BCUT2D eigenvalue weighted by atomic mass is 15.2. The van der Waals surface area contributed by atoms with Crippen molar-refractivity contribution in [3.05, 3.63) is 12.4 Å². The molecule has 2 rings (SSSR count). The number of rotatable bonds is 2. The minimum atomic E-state index is 0.628. The fourth-order valence-electron chi connectivity index (χ4n) is 2.48. The Morgan fingerprint density at radius 2 is 1.94 bits per heavy atom. The smallest absolute Gasteiger partial charge is 0.225 e. The molecule has 1 aromatic rings. The fraction of sp³-hybridized carbons (Fsp3) is 0.692. The van der Waals surface area contributed by atoms with Crippen LogP contribution in [0.25, 0.3) is 0 Å². The third kappa shape index (κ3) is 3.08. The molecule has 4 nitrogen and oxygen atoms in total. The maximum absolute atomic E-state index is 5.61. The van der Waals surface area contributed by atoms with Gasteiger partial charge in [-0.3, -0.25) is 0 Å². The Morgan fingerprint density at radius 3 is 2.59 bits per heavy atom.